The first-order valence-corrected chi connectivity index (χ1v) is 8.98. The lowest BCUT2D eigenvalue weighted by molar-refractivity contribution is -0.113. The number of nitrogens with zero attached hydrogens (tertiary/aromatic N) is 2. The smallest absolute Gasteiger partial charge is 0.277 e. The normalized spacial score (nSPS) is 10.7. The van der Waals surface area contributed by atoms with Crippen LogP contribution in [0.3, 0.4) is 0 Å². The van der Waals surface area contributed by atoms with E-state index in [2.05, 4.69) is 15.5 Å². The standard InChI is InChI=1S/C18H16ClN3O2S/c1-11-6-5-9-15(12(11)2)20-16(23)10-25-18-22-21-17(24-18)13-7-3-4-8-14(13)19/h3-9H,10H2,1-2H3,(H,20,23). The van der Waals surface area contributed by atoms with Gasteiger partial charge in [-0.1, -0.05) is 47.6 Å². The van der Waals surface area contributed by atoms with E-state index >= 15 is 0 Å². The van der Waals surface area contributed by atoms with Crippen molar-refractivity contribution in [1.29, 1.82) is 0 Å². The van der Waals surface area contributed by atoms with Crippen LogP contribution < -0.4 is 5.32 Å². The molecule has 0 aliphatic heterocycles. The Morgan fingerprint density at radius 1 is 1.16 bits per heavy atom. The van der Waals surface area contributed by atoms with Gasteiger partial charge in [-0.05, 0) is 43.2 Å². The minimum atomic E-state index is -0.129. The van der Waals surface area contributed by atoms with E-state index in [0.29, 0.717) is 21.7 Å². The highest BCUT2D eigenvalue weighted by molar-refractivity contribution is 7.99. The minimum Gasteiger partial charge on any atom is -0.411 e. The first-order chi connectivity index (χ1) is 12.0. The number of rotatable bonds is 5. The van der Waals surface area contributed by atoms with Crippen LogP contribution in [-0.4, -0.2) is 21.9 Å². The molecular weight excluding hydrogens is 358 g/mol. The van der Waals surface area contributed by atoms with Gasteiger partial charge in [0.15, 0.2) is 0 Å². The molecule has 1 aromatic heterocycles. The van der Waals surface area contributed by atoms with Crippen LogP contribution in [0, 0.1) is 13.8 Å². The van der Waals surface area contributed by atoms with Crippen LogP contribution in [0.25, 0.3) is 11.5 Å². The summed E-state index contributed by atoms with van der Waals surface area (Å²) in [7, 11) is 0. The molecule has 0 unspecified atom stereocenters. The van der Waals surface area contributed by atoms with Crippen LogP contribution in [0.15, 0.2) is 52.1 Å². The van der Waals surface area contributed by atoms with Gasteiger partial charge in [0.05, 0.1) is 16.3 Å². The maximum Gasteiger partial charge on any atom is 0.277 e. The van der Waals surface area contributed by atoms with Gasteiger partial charge in [0, 0.05) is 5.69 Å². The molecular formula is C18H16ClN3O2S. The third-order valence-corrected chi connectivity index (χ3v) is 4.86. The average Bonchev–Trinajstić information content (AvgIpc) is 3.06. The Balaban J connectivity index is 1.62. The van der Waals surface area contributed by atoms with Crippen LogP contribution in [0.4, 0.5) is 5.69 Å². The number of carbonyl (C=O) groups excluding carboxylic acids is 1. The number of amides is 1. The third-order valence-electron chi connectivity index (χ3n) is 3.72. The van der Waals surface area contributed by atoms with Gasteiger partial charge >= 0.3 is 0 Å². The van der Waals surface area contributed by atoms with Crippen molar-refractivity contribution in [3.63, 3.8) is 0 Å². The Morgan fingerprint density at radius 2 is 1.96 bits per heavy atom. The molecule has 1 heterocycles. The zero-order valence-electron chi connectivity index (χ0n) is 13.7. The highest BCUT2D eigenvalue weighted by Gasteiger charge is 2.13. The second kappa shape index (κ2) is 7.72. The second-order valence-electron chi connectivity index (χ2n) is 5.44. The molecule has 128 valence electrons. The SMILES string of the molecule is Cc1cccc(NC(=O)CSc2nnc(-c3ccccc3Cl)o2)c1C. The van der Waals surface area contributed by atoms with E-state index in [4.69, 9.17) is 16.0 Å². The van der Waals surface area contributed by atoms with Gasteiger partial charge in [0.2, 0.25) is 11.8 Å². The third kappa shape index (κ3) is 4.21. The molecule has 0 fully saturated rings. The number of benzene rings is 2. The topological polar surface area (TPSA) is 68.0 Å². The van der Waals surface area contributed by atoms with E-state index in [1.807, 2.05) is 44.2 Å². The predicted octanol–water partition coefficient (Wildman–Crippen LogP) is 4.74. The summed E-state index contributed by atoms with van der Waals surface area (Å²) in [5, 5.41) is 11.7. The lowest BCUT2D eigenvalue weighted by Gasteiger charge is -2.09. The molecule has 1 amide bonds. The quantitative estimate of drug-likeness (QED) is 0.654. The molecule has 0 saturated carbocycles. The van der Waals surface area contributed by atoms with Gasteiger partial charge in [0.25, 0.3) is 5.22 Å². The van der Waals surface area contributed by atoms with Gasteiger partial charge in [-0.3, -0.25) is 4.79 Å². The number of thioether (sulfide) groups is 1. The number of aryl methyl sites for hydroxylation is 1. The van der Waals surface area contributed by atoms with Crippen molar-refractivity contribution in [3.05, 3.63) is 58.6 Å². The summed E-state index contributed by atoms with van der Waals surface area (Å²) in [4.78, 5) is 12.1. The van der Waals surface area contributed by atoms with Crippen LogP contribution in [0.2, 0.25) is 5.02 Å². The maximum atomic E-state index is 12.1. The number of halogens is 1. The van der Waals surface area contributed by atoms with Crippen LogP contribution in [0.5, 0.6) is 0 Å². The number of carbonyl (C=O) groups is 1. The van der Waals surface area contributed by atoms with Crippen molar-refractivity contribution >= 4 is 35.0 Å². The maximum absolute atomic E-state index is 12.1. The van der Waals surface area contributed by atoms with Crippen LogP contribution in [-0.2, 0) is 4.79 Å². The molecule has 7 heteroatoms. The summed E-state index contributed by atoms with van der Waals surface area (Å²) < 4.78 is 5.57. The van der Waals surface area contributed by atoms with Gasteiger partial charge in [-0.25, -0.2) is 0 Å². The van der Waals surface area contributed by atoms with E-state index in [1.165, 1.54) is 11.8 Å². The molecule has 3 rings (SSSR count). The number of hydrogen-bond donors (Lipinski definition) is 1. The molecule has 0 aliphatic rings. The summed E-state index contributed by atoms with van der Waals surface area (Å²) >= 11 is 7.30. The van der Waals surface area contributed by atoms with Crippen molar-refractivity contribution in [2.75, 3.05) is 11.1 Å². The fourth-order valence-corrected chi connectivity index (χ4v) is 2.99. The highest BCUT2D eigenvalue weighted by atomic mass is 35.5. The van der Waals surface area contributed by atoms with Gasteiger partial charge < -0.3 is 9.73 Å². The molecule has 0 aliphatic carbocycles. The average molecular weight is 374 g/mol. The van der Waals surface area contributed by atoms with Crippen LogP contribution >= 0.6 is 23.4 Å². The molecule has 0 atom stereocenters. The zero-order valence-corrected chi connectivity index (χ0v) is 15.3. The van der Waals surface area contributed by atoms with Crippen molar-refractivity contribution in [2.45, 2.75) is 19.1 Å². The van der Waals surface area contributed by atoms with Crippen molar-refractivity contribution in [3.8, 4) is 11.5 Å². The van der Waals surface area contributed by atoms with E-state index < -0.39 is 0 Å². The van der Waals surface area contributed by atoms with Crippen molar-refractivity contribution in [2.24, 2.45) is 0 Å². The Bertz CT molecular complexity index is 911. The Morgan fingerprint density at radius 3 is 2.76 bits per heavy atom. The molecule has 0 radical (unpaired) electrons. The van der Waals surface area contributed by atoms with Gasteiger partial charge in [-0.2, -0.15) is 0 Å². The van der Waals surface area contributed by atoms with Crippen molar-refractivity contribution in [1.82, 2.24) is 10.2 Å². The summed E-state index contributed by atoms with van der Waals surface area (Å²) in [5.41, 5.74) is 3.67. The van der Waals surface area contributed by atoms with Gasteiger partial charge in [0.1, 0.15) is 0 Å². The minimum absolute atomic E-state index is 0.129. The largest absolute Gasteiger partial charge is 0.411 e. The number of anilines is 1. The molecule has 0 bridgehead atoms. The Kier molecular flexibility index (Phi) is 5.40. The first kappa shape index (κ1) is 17.5. The first-order valence-electron chi connectivity index (χ1n) is 7.62. The van der Waals surface area contributed by atoms with E-state index in [9.17, 15) is 4.79 Å². The highest BCUT2D eigenvalue weighted by Crippen LogP contribution is 2.28. The monoisotopic (exact) mass is 373 g/mol. The lowest BCUT2D eigenvalue weighted by Crippen LogP contribution is -2.15. The molecule has 3 aromatic rings. The summed E-state index contributed by atoms with van der Waals surface area (Å²) in [6.07, 6.45) is 0. The molecule has 0 saturated heterocycles. The second-order valence-corrected chi connectivity index (χ2v) is 6.77. The molecule has 2 aromatic carbocycles. The van der Waals surface area contributed by atoms with E-state index in [-0.39, 0.29) is 11.7 Å². The number of aromatic nitrogens is 2. The molecule has 25 heavy (non-hydrogen) atoms. The summed E-state index contributed by atoms with van der Waals surface area (Å²) in [6, 6.07) is 13.0. The Hall–Kier alpha value is -2.31. The van der Waals surface area contributed by atoms with E-state index in [1.54, 1.807) is 12.1 Å². The number of hydrogen-bond acceptors (Lipinski definition) is 5. The summed E-state index contributed by atoms with van der Waals surface area (Å²) in [6.45, 7) is 3.99. The van der Waals surface area contributed by atoms with Crippen LogP contribution in [0.1, 0.15) is 11.1 Å². The van der Waals surface area contributed by atoms with Crippen molar-refractivity contribution < 1.29 is 9.21 Å². The predicted molar refractivity (Wildman–Crippen MR) is 100 cm³/mol. The van der Waals surface area contributed by atoms with Gasteiger partial charge in [-0.15, -0.1) is 10.2 Å². The number of nitrogens with one attached hydrogen (secondary N) is 1. The zero-order chi connectivity index (χ0) is 17.8. The fraction of sp³-hybridized carbons (Fsp3) is 0.167. The lowest BCUT2D eigenvalue weighted by atomic mass is 10.1. The molecule has 1 N–H and O–H groups in total. The molecule has 0 spiro atoms. The summed E-state index contributed by atoms with van der Waals surface area (Å²) in [5.74, 6) is 0.386. The molecule has 5 nitrogen and oxygen atoms in total. The van der Waals surface area contributed by atoms with E-state index in [0.717, 1.165) is 16.8 Å². The fourth-order valence-electron chi connectivity index (χ4n) is 2.21. The Labute approximate surface area is 154 Å².